The van der Waals surface area contributed by atoms with Gasteiger partial charge in [0.2, 0.25) is 5.91 Å². The highest BCUT2D eigenvalue weighted by Crippen LogP contribution is 2.34. The Morgan fingerprint density at radius 3 is 3.19 bits per heavy atom. The maximum atomic E-state index is 11.3. The second-order valence-electron chi connectivity index (χ2n) is 3.71. The lowest BCUT2D eigenvalue weighted by molar-refractivity contribution is -0.121. The lowest BCUT2D eigenvalue weighted by atomic mass is 10.3. The van der Waals surface area contributed by atoms with E-state index < -0.39 is 0 Å². The zero-order valence-electron chi connectivity index (χ0n) is 9.19. The average molecular weight is 241 g/mol. The Bertz CT molecular complexity index is 364. The molecule has 1 aliphatic rings. The lowest BCUT2D eigenvalue weighted by Gasteiger charge is -2.24. The third-order valence-electron chi connectivity index (χ3n) is 2.32. The summed E-state index contributed by atoms with van der Waals surface area (Å²) < 4.78 is 11.2. The number of carbonyl (C=O) groups is 1. The van der Waals surface area contributed by atoms with Crippen molar-refractivity contribution in [1.82, 2.24) is 5.32 Å². The molecule has 2 heterocycles. The fraction of sp³-hybridized carbons (Fsp3) is 0.545. The second-order valence-corrected chi connectivity index (χ2v) is 4.45. The largest absolute Gasteiger partial charge is 0.485 e. The van der Waals surface area contributed by atoms with E-state index in [0.717, 1.165) is 17.9 Å². The Balaban J connectivity index is 1.79. The summed E-state index contributed by atoms with van der Waals surface area (Å²) in [4.78, 5) is 11.3. The van der Waals surface area contributed by atoms with E-state index >= 15 is 0 Å². The molecule has 1 aromatic heterocycles. The van der Waals surface area contributed by atoms with Gasteiger partial charge in [0.05, 0.1) is 6.54 Å². The number of nitrogens with one attached hydrogen (secondary N) is 1. The van der Waals surface area contributed by atoms with Crippen molar-refractivity contribution in [2.45, 2.75) is 25.9 Å². The number of rotatable bonds is 4. The SMILES string of the molecule is CCCC(=O)NCC1COc2cscc2O1. The van der Waals surface area contributed by atoms with Gasteiger partial charge in [-0.25, -0.2) is 0 Å². The Labute approximate surface area is 98.6 Å². The van der Waals surface area contributed by atoms with E-state index in [1.165, 1.54) is 0 Å². The molecule has 1 amide bonds. The molecular weight excluding hydrogens is 226 g/mol. The first kappa shape index (κ1) is 11.3. The van der Waals surface area contributed by atoms with Crippen LogP contribution >= 0.6 is 11.3 Å². The molecule has 0 radical (unpaired) electrons. The standard InChI is InChI=1S/C11H15NO3S/c1-2-3-11(13)12-4-8-5-14-9-6-16-7-10(9)15-8/h6-8H,2-5H2,1H3,(H,12,13). The van der Waals surface area contributed by atoms with Crippen LogP contribution in [-0.4, -0.2) is 25.2 Å². The van der Waals surface area contributed by atoms with Crippen molar-refractivity contribution in [3.63, 3.8) is 0 Å². The molecule has 1 aliphatic heterocycles. The van der Waals surface area contributed by atoms with Crippen LogP contribution in [0.2, 0.25) is 0 Å². The average Bonchev–Trinajstić information content (AvgIpc) is 2.74. The number of ether oxygens (including phenoxy) is 2. The smallest absolute Gasteiger partial charge is 0.220 e. The van der Waals surface area contributed by atoms with Gasteiger partial charge in [0, 0.05) is 17.2 Å². The van der Waals surface area contributed by atoms with E-state index in [1.54, 1.807) is 11.3 Å². The molecule has 0 saturated heterocycles. The topological polar surface area (TPSA) is 47.6 Å². The van der Waals surface area contributed by atoms with Gasteiger partial charge < -0.3 is 14.8 Å². The summed E-state index contributed by atoms with van der Waals surface area (Å²) in [7, 11) is 0. The molecule has 0 aromatic carbocycles. The highest BCUT2D eigenvalue weighted by molar-refractivity contribution is 7.08. The Morgan fingerprint density at radius 1 is 1.56 bits per heavy atom. The molecule has 4 nitrogen and oxygen atoms in total. The first-order valence-corrected chi connectivity index (χ1v) is 6.36. The second kappa shape index (κ2) is 5.21. The van der Waals surface area contributed by atoms with E-state index in [0.29, 0.717) is 19.6 Å². The summed E-state index contributed by atoms with van der Waals surface area (Å²) in [6.45, 7) is 2.99. The predicted octanol–water partition coefficient (Wildman–Crippen LogP) is 1.80. The number of hydrogen-bond acceptors (Lipinski definition) is 4. The molecule has 0 bridgehead atoms. The van der Waals surface area contributed by atoms with Gasteiger partial charge in [-0.2, -0.15) is 0 Å². The van der Waals surface area contributed by atoms with Gasteiger partial charge in [0.15, 0.2) is 11.5 Å². The maximum absolute atomic E-state index is 11.3. The minimum Gasteiger partial charge on any atom is -0.485 e. The number of fused-ring (bicyclic) bond motifs is 1. The Morgan fingerprint density at radius 2 is 2.38 bits per heavy atom. The van der Waals surface area contributed by atoms with Crippen LogP contribution < -0.4 is 14.8 Å². The molecule has 1 aromatic rings. The van der Waals surface area contributed by atoms with Crippen molar-refractivity contribution in [2.24, 2.45) is 0 Å². The van der Waals surface area contributed by atoms with Crippen LogP contribution in [0.5, 0.6) is 11.5 Å². The molecule has 5 heteroatoms. The third kappa shape index (κ3) is 2.66. The van der Waals surface area contributed by atoms with Crippen LogP contribution in [0.3, 0.4) is 0 Å². The van der Waals surface area contributed by atoms with E-state index in [2.05, 4.69) is 5.32 Å². The summed E-state index contributed by atoms with van der Waals surface area (Å²) in [5.74, 6) is 1.66. The zero-order valence-corrected chi connectivity index (χ0v) is 10.0. The first-order valence-electron chi connectivity index (χ1n) is 5.42. The summed E-state index contributed by atoms with van der Waals surface area (Å²) >= 11 is 1.55. The summed E-state index contributed by atoms with van der Waals surface area (Å²) in [6.07, 6.45) is 1.35. The number of carbonyl (C=O) groups excluding carboxylic acids is 1. The third-order valence-corrected chi connectivity index (χ3v) is 3.02. The van der Waals surface area contributed by atoms with E-state index in [9.17, 15) is 4.79 Å². The summed E-state index contributed by atoms with van der Waals surface area (Å²) in [5.41, 5.74) is 0. The van der Waals surface area contributed by atoms with Gasteiger partial charge in [-0.05, 0) is 6.42 Å². The minimum atomic E-state index is -0.0806. The summed E-state index contributed by atoms with van der Waals surface area (Å²) in [6, 6.07) is 0. The van der Waals surface area contributed by atoms with Crippen molar-refractivity contribution in [2.75, 3.05) is 13.2 Å². The molecule has 16 heavy (non-hydrogen) atoms. The Hall–Kier alpha value is -1.23. The molecule has 1 atom stereocenters. The van der Waals surface area contributed by atoms with Gasteiger partial charge in [-0.3, -0.25) is 4.79 Å². The van der Waals surface area contributed by atoms with Gasteiger partial charge in [0.25, 0.3) is 0 Å². The molecule has 0 saturated carbocycles. The monoisotopic (exact) mass is 241 g/mol. The van der Waals surface area contributed by atoms with Gasteiger partial charge in [0.1, 0.15) is 12.7 Å². The molecule has 1 unspecified atom stereocenters. The molecule has 0 spiro atoms. The molecule has 88 valence electrons. The van der Waals surface area contributed by atoms with Crippen LogP contribution in [0.25, 0.3) is 0 Å². The van der Waals surface area contributed by atoms with Gasteiger partial charge in [-0.15, -0.1) is 11.3 Å². The molecule has 0 fully saturated rings. The van der Waals surface area contributed by atoms with Crippen LogP contribution in [0.15, 0.2) is 10.8 Å². The highest BCUT2D eigenvalue weighted by Gasteiger charge is 2.21. The Kier molecular flexibility index (Phi) is 3.66. The van der Waals surface area contributed by atoms with Crippen LogP contribution in [0.1, 0.15) is 19.8 Å². The normalized spacial score (nSPS) is 18.2. The number of amides is 1. The number of thiophene rings is 1. The highest BCUT2D eigenvalue weighted by atomic mass is 32.1. The molecule has 0 aliphatic carbocycles. The van der Waals surface area contributed by atoms with Crippen molar-refractivity contribution in [1.29, 1.82) is 0 Å². The van der Waals surface area contributed by atoms with Crippen LogP contribution in [0, 0.1) is 0 Å². The molecular formula is C11H15NO3S. The summed E-state index contributed by atoms with van der Waals surface area (Å²) in [5, 5.41) is 6.67. The van der Waals surface area contributed by atoms with E-state index in [1.807, 2.05) is 17.7 Å². The maximum Gasteiger partial charge on any atom is 0.220 e. The predicted molar refractivity (Wildman–Crippen MR) is 62.1 cm³/mol. The van der Waals surface area contributed by atoms with Crippen molar-refractivity contribution in [3.8, 4) is 11.5 Å². The van der Waals surface area contributed by atoms with Crippen LogP contribution in [-0.2, 0) is 4.79 Å². The van der Waals surface area contributed by atoms with Gasteiger partial charge >= 0.3 is 0 Å². The fourth-order valence-electron chi connectivity index (χ4n) is 1.50. The van der Waals surface area contributed by atoms with E-state index in [4.69, 9.17) is 9.47 Å². The zero-order chi connectivity index (χ0) is 11.4. The molecule has 2 rings (SSSR count). The lowest BCUT2D eigenvalue weighted by Crippen LogP contribution is -2.40. The molecule has 1 N–H and O–H groups in total. The van der Waals surface area contributed by atoms with Crippen LogP contribution in [0.4, 0.5) is 0 Å². The quantitative estimate of drug-likeness (QED) is 0.874. The first-order chi connectivity index (χ1) is 7.79. The number of hydrogen-bond donors (Lipinski definition) is 1. The fourth-order valence-corrected chi connectivity index (χ4v) is 2.18. The minimum absolute atomic E-state index is 0.0715. The van der Waals surface area contributed by atoms with Crippen molar-refractivity contribution >= 4 is 17.2 Å². The van der Waals surface area contributed by atoms with Gasteiger partial charge in [-0.1, -0.05) is 6.92 Å². The van der Waals surface area contributed by atoms with Crippen molar-refractivity contribution in [3.05, 3.63) is 10.8 Å². The van der Waals surface area contributed by atoms with E-state index in [-0.39, 0.29) is 12.0 Å². The van der Waals surface area contributed by atoms with Crippen molar-refractivity contribution < 1.29 is 14.3 Å².